The molecule has 0 saturated heterocycles. The Kier molecular flexibility index (Phi) is 3.86. The van der Waals surface area contributed by atoms with E-state index in [4.69, 9.17) is 0 Å². The van der Waals surface area contributed by atoms with Crippen LogP contribution in [-0.2, 0) is 0 Å². The summed E-state index contributed by atoms with van der Waals surface area (Å²) >= 11 is 3.25. The fourth-order valence-electron chi connectivity index (χ4n) is 1.34. The second-order valence-corrected chi connectivity index (χ2v) is 4.51. The summed E-state index contributed by atoms with van der Waals surface area (Å²) < 4.78 is 0.824. The van der Waals surface area contributed by atoms with E-state index < -0.39 is 4.92 Å². The van der Waals surface area contributed by atoms with Crippen molar-refractivity contribution in [2.24, 2.45) is 4.99 Å². The number of hydrogen-bond acceptors (Lipinski definition) is 5. The van der Waals surface area contributed by atoms with Gasteiger partial charge in [0.05, 0.1) is 4.92 Å². The first-order chi connectivity index (χ1) is 9.06. The second-order valence-electron chi connectivity index (χ2n) is 3.59. The van der Waals surface area contributed by atoms with Crippen molar-refractivity contribution in [2.45, 2.75) is 0 Å². The molecule has 0 aliphatic carbocycles. The van der Waals surface area contributed by atoms with E-state index in [1.807, 2.05) is 0 Å². The van der Waals surface area contributed by atoms with Crippen molar-refractivity contribution in [3.05, 3.63) is 56.7 Å². The number of aromatic nitrogens is 1. The molecule has 6 nitrogen and oxygen atoms in total. The first-order valence-corrected chi connectivity index (χ1v) is 5.98. The van der Waals surface area contributed by atoms with Gasteiger partial charge in [0.15, 0.2) is 5.82 Å². The van der Waals surface area contributed by atoms with Gasteiger partial charge in [0.25, 0.3) is 5.69 Å². The van der Waals surface area contributed by atoms with E-state index in [2.05, 4.69) is 25.9 Å². The quantitative estimate of drug-likeness (QED) is 0.534. The summed E-state index contributed by atoms with van der Waals surface area (Å²) in [5.41, 5.74) is 0.155. The molecule has 0 radical (unpaired) electrons. The molecule has 1 N–H and O–H groups in total. The summed E-state index contributed by atoms with van der Waals surface area (Å²) in [5, 5.41) is 20.2. The third kappa shape index (κ3) is 3.35. The van der Waals surface area contributed by atoms with Crippen molar-refractivity contribution in [2.75, 3.05) is 0 Å². The first kappa shape index (κ1) is 13.2. The van der Waals surface area contributed by atoms with Crippen molar-refractivity contribution >= 4 is 33.6 Å². The number of hydrogen-bond donors (Lipinski definition) is 1. The van der Waals surface area contributed by atoms with Crippen LogP contribution in [0.1, 0.15) is 5.56 Å². The number of halogens is 1. The van der Waals surface area contributed by atoms with E-state index in [0.717, 1.165) is 4.47 Å². The van der Waals surface area contributed by atoms with Crippen molar-refractivity contribution in [1.29, 1.82) is 0 Å². The van der Waals surface area contributed by atoms with Gasteiger partial charge in [-0.2, -0.15) is 0 Å². The summed E-state index contributed by atoms with van der Waals surface area (Å²) in [5.74, 6) is 0.362. The Morgan fingerprint density at radius 3 is 2.79 bits per heavy atom. The van der Waals surface area contributed by atoms with Gasteiger partial charge in [0, 0.05) is 34.6 Å². The minimum atomic E-state index is -0.533. The molecule has 19 heavy (non-hydrogen) atoms. The molecule has 0 saturated carbocycles. The van der Waals surface area contributed by atoms with Gasteiger partial charge in [-0.25, -0.2) is 9.98 Å². The molecule has 0 spiro atoms. The number of aliphatic imine (C=N–C) groups is 1. The maximum Gasteiger partial charge on any atom is 0.270 e. The van der Waals surface area contributed by atoms with Crippen LogP contribution >= 0.6 is 15.9 Å². The first-order valence-electron chi connectivity index (χ1n) is 5.19. The molecular formula is C12H8BrN3O3. The summed E-state index contributed by atoms with van der Waals surface area (Å²) in [6, 6.07) is 7.18. The highest BCUT2D eigenvalue weighted by Gasteiger charge is 2.08. The molecule has 2 aromatic rings. The lowest BCUT2D eigenvalue weighted by molar-refractivity contribution is -0.384. The molecule has 0 aliphatic heterocycles. The van der Waals surface area contributed by atoms with Crippen LogP contribution in [0.5, 0.6) is 5.75 Å². The minimum absolute atomic E-state index is 0.0774. The number of pyridine rings is 1. The number of nitrogens with zero attached hydrogens (tertiary/aromatic N) is 3. The Bertz CT molecular complexity index is 641. The zero-order valence-electron chi connectivity index (χ0n) is 9.52. The molecule has 0 aliphatic rings. The van der Waals surface area contributed by atoms with Crippen molar-refractivity contribution in [3.63, 3.8) is 0 Å². The number of nitro benzene ring substituents is 1. The van der Waals surface area contributed by atoms with Crippen LogP contribution in [-0.4, -0.2) is 21.2 Å². The van der Waals surface area contributed by atoms with E-state index >= 15 is 0 Å². The lowest BCUT2D eigenvalue weighted by Crippen LogP contribution is -1.90. The number of non-ortho nitro benzene ring substituents is 1. The standard InChI is InChI=1S/C12H8BrN3O3/c13-9-1-4-12(15-7-9)14-6-8-5-10(16(18)19)2-3-11(8)17/h1-7,17H. The topological polar surface area (TPSA) is 88.6 Å². The molecule has 0 bridgehead atoms. The molecule has 1 aromatic heterocycles. The van der Waals surface area contributed by atoms with Crippen molar-refractivity contribution < 1.29 is 10.0 Å². The van der Waals surface area contributed by atoms with Crippen molar-refractivity contribution in [3.8, 4) is 5.75 Å². The van der Waals surface area contributed by atoms with Crippen LogP contribution in [0.15, 0.2) is 46.0 Å². The maximum absolute atomic E-state index is 10.6. The third-order valence-electron chi connectivity index (χ3n) is 2.27. The SMILES string of the molecule is O=[N+]([O-])c1ccc(O)c(C=Nc2ccc(Br)cn2)c1. The number of benzene rings is 1. The summed E-state index contributed by atoms with van der Waals surface area (Å²) in [4.78, 5) is 18.2. The van der Waals surface area contributed by atoms with Gasteiger partial charge in [-0.05, 0) is 34.1 Å². The second kappa shape index (κ2) is 5.57. The van der Waals surface area contributed by atoms with Crippen LogP contribution in [0, 0.1) is 10.1 Å². The van der Waals surface area contributed by atoms with Crippen LogP contribution in [0.2, 0.25) is 0 Å². The smallest absolute Gasteiger partial charge is 0.270 e. The Morgan fingerprint density at radius 2 is 2.16 bits per heavy atom. The lowest BCUT2D eigenvalue weighted by atomic mass is 10.2. The largest absolute Gasteiger partial charge is 0.507 e. The highest BCUT2D eigenvalue weighted by molar-refractivity contribution is 9.10. The van der Waals surface area contributed by atoms with E-state index in [1.165, 1.54) is 24.4 Å². The normalized spacial score (nSPS) is 10.8. The predicted molar refractivity (Wildman–Crippen MR) is 74.0 cm³/mol. The third-order valence-corrected chi connectivity index (χ3v) is 2.74. The molecule has 0 unspecified atom stereocenters. The van der Waals surface area contributed by atoms with Crippen LogP contribution in [0.4, 0.5) is 11.5 Å². The van der Waals surface area contributed by atoms with E-state index in [1.54, 1.807) is 18.3 Å². The van der Waals surface area contributed by atoms with Crippen LogP contribution < -0.4 is 0 Å². The monoisotopic (exact) mass is 321 g/mol. The molecule has 1 heterocycles. The minimum Gasteiger partial charge on any atom is -0.507 e. The van der Waals surface area contributed by atoms with E-state index in [9.17, 15) is 15.2 Å². The fraction of sp³-hybridized carbons (Fsp3) is 0. The molecule has 96 valence electrons. The number of nitro groups is 1. The molecule has 7 heteroatoms. The predicted octanol–water partition coefficient (Wildman–Crippen LogP) is 3.21. The van der Waals surface area contributed by atoms with Crippen LogP contribution in [0.25, 0.3) is 0 Å². The van der Waals surface area contributed by atoms with Gasteiger partial charge in [0.2, 0.25) is 0 Å². The number of aromatic hydroxyl groups is 1. The number of phenolic OH excluding ortho intramolecular Hbond substituents is 1. The zero-order chi connectivity index (χ0) is 13.8. The molecule has 0 amide bonds. The van der Waals surface area contributed by atoms with Gasteiger partial charge in [-0.1, -0.05) is 0 Å². The van der Waals surface area contributed by atoms with Gasteiger partial charge in [-0.15, -0.1) is 0 Å². The number of phenols is 1. The van der Waals surface area contributed by atoms with Gasteiger partial charge in [0.1, 0.15) is 5.75 Å². The van der Waals surface area contributed by atoms with Crippen LogP contribution in [0.3, 0.4) is 0 Å². The van der Waals surface area contributed by atoms with E-state index in [0.29, 0.717) is 5.82 Å². The highest BCUT2D eigenvalue weighted by Crippen LogP contribution is 2.22. The lowest BCUT2D eigenvalue weighted by Gasteiger charge is -1.98. The zero-order valence-corrected chi connectivity index (χ0v) is 11.1. The van der Waals surface area contributed by atoms with E-state index in [-0.39, 0.29) is 17.0 Å². The average Bonchev–Trinajstić information content (AvgIpc) is 2.39. The fourth-order valence-corrected chi connectivity index (χ4v) is 1.57. The molecular weight excluding hydrogens is 314 g/mol. The summed E-state index contributed by atoms with van der Waals surface area (Å²) in [6.07, 6.45) is 2.92. The Morgan fingerprint density at radius 1 is 1.37 bits per heavy atom. The molecule has 0 fully saturated rings. The summed E-state index contributed by atoms with van der Waals surface area (Å²) in [7, 11) is 0. The van der Waals surface area contributed by atoms with Gasteiger partial charge < -0.3 is 5.11 Å². The Balaban J connectivity index is 2.29. The highest BCUT2D eigenvalue weighted by atomic mass is 79.9. The average molecular weight is 322 g/mol. The van der Waals surface area contributed by atoms with Gasteiger partial charge >= 0.3 is 0 Å². The Labute approximate surface area is 116 Å². The summed E-state index contributed by atoms with van der Waals surface area (Å²) in [6.45, 7) is 0. The van der Waals surface area contributed by atoms with Crippen molar-refractivity contribution in [1.82, 2.24) is 4.98 Å². The maximum atomic E-state index is 10.6. The molecule has 2 rings (SSSR count). The Hall–Kier alpha value is -2.28. The van der Waals surface area contributed by atoms with Gasteiger partial charge in [-0.3, -0.25) is 10.1 Å². The molecule has 0 atom stereocenters. The molecule has 1 aromatic carbocycles. The number of rotatable bonds is 3.